The maximum atomic E-state index is 10.5. The molecule has 1 aromatic rings. The van der Waals surface area contributed by atoms with E-state index in [1.165, 1.54) is 12.3 Å². The molecular formula is C8H5NO4. The zero-order valence-corrected chi connectivity index (χ0v) is 6.39. The second-order valence-corrected chi connectivity index (χ2v) is 2.18. The van der Waals surface area contributed by atoms with Crippen molar-refractivity contribution in [2.45, 2.75) is 0 Å². The summed E-state index contributed by atoms with van der Waals surface area (Å²) in [6.45, 7) is 0. The quantitative estimate of drug-likeness (QED) is 0.659. The summed E-state index contributed by atoms with van der Waals surface area (Å²) in [5, 5.41) is 25.8. The first-order valence-corrected chi connectivity index (χ1v) is 3.27. The van der Waals surface area contributed by atoms with Gasteiger partial charge in [-0.2, -0.15) is 0 Å². The Kier molecular flexibility index (Phi) is 2.36. The predicted octanol–water partition coefficient (Wildman–Crippen LogP) is 0.950. The minimum atomic E-state index is -1.28. The minimum Gasteiger partial charge on any atom is -0.507 e. The Morgan fingerprint density at radius 1 is 1.54 bits per heavy atom. The van der Waals surface area contributed by atoms with Gasteiger partial charge in [0.2, 0.25) is 0 Å². The number of carboxylic acids is 1. The van der Waals surface area contributed by atoms with E-state index in [0.717, 1.165) is 12.1 Å². The molecule has 0 spiro atoms. The highest BCUT2D eigenvalue weighted by atomic mass is 16.5. The van der Waals surface area contributed by atoms with E-state index in [2.05, 4.69) is 4.74 Å². The van der Waals surface area contributed by atoms with E-state index in [0.29, 0.717) is 0 Å². The number of nitrogens with zero attached hydrogens (tertiary/aromatic N) is 1. The summed E-state index contributed by atoms with van der Waals surface area (Å²) in [5.74, 6) is -1.56. The Morgan fingerprint density at radius 2 is 2.23 bits per heavy atom. The number of phenols is 1. The van der Waals surface area contributed by atoms with Crippen LogP contribution in [0.1, 0.15) is 10.4 Å². The molecule has 0 aliphatic carbocycles. The number of hydrogen-bond donors (Lipinski definition) is 2. The molecule has 0 heterocycles. The van der Waals surface area contributed by atoms with E-state index in [-0.39, 0.29) is 17.1 Å². The number of carboxylic acid groups (broad SMARTS) is 1. The molecule has 5 nitrogen and oxygen atoms in total. The van der Waals surface area contributed by atoms with E-state index in [1.54, 1.807) is 0 Å². The highest BCUT2D eigenvalue weighted by molar-refractivity contribution is 5.91. The van der Waals surface area contributed by atoms with E-state index in [4.69, 9.17) is 15.5 Å². The lowest BCUT2D eigenvalue weighted by molar-refractivity contribution is 0.0693. The van der Waals surface area contributed by atoms with Crippen LogP contribution < -0.4 is 4.74 Å². The van der Waals surface area contributed by atoms with Crippen molar-refractivity contribution >= 4 is 5.97 Å². The van der Waals surface area contributed by atoms with Crippen LogP contribution in [0.15, 0.2) is 18.2 Å². The van der Waals surface area contributed by atoms with Gasteiger partial charge in [-0.05, 0) is 12.1 Å². The number of ether oxygens (including phenoxy) is 1. The number of rotatable bonds is 2. The number of carbonyl (C=O) groups is 1. The number of aromatic hydroxyl groups is 1. The number of nitriles is 1. The molecule has 2 N–H and O–H groups in total. The van der Waals surface area contributed by atoms with Crippen LogP contribution in [0, 0.1) is 11.5 Å². The monoisotopic (exact) mass is 179 g/mol. The summed E-state index contributed by atoms with van der Waals surface area (Å²) in [7, 11) is 0. The molecule has 0 aliphatic heterocycles. The Hall–Kier alpha value is -2.22. The lowest BCUT2D eigenvalue weighted by Gasteiger charge is -2.00. The average molecular weight is 179 g/mol. The van der Waals surface area contributed by atoms with Crippen molar-refractivity contribution in [2.75, 3.05) is 0 Å². The van der Waals surface area contributed by atoms with Crippen LogP contribution in [0.25, 0.3) is 0 Å². The van der Waals surface area contributed by atoms with Gasteiger partial charge in [0.25, 0.3) is 6.26 Å². The zero-order valence-electron chi connectivity index (χ0n) is 6.39. The van der Waals surface area contributed by atoms with Crippen molar-refractivity contribution in [1.82, 2.24) is 0 Å². The maximum Gasteiger partial charge on any atom is 0.339 e. The standard InChI is InChI=1S/C8H5NO4/c9-4-13-5-1-2-7(10)6(3-5)8(11)12/h1-3,10H,(H,11,12). The van der Waals surface area contributed by atoms with Gasteiger partial charge in [0.15, 0.2) is 0 Å². The van der Waals surface area contributed by atoms with E-state index < -0.39 is 5.97 Å². The Bertz CT molecular complexity index is 380. The van der Waals surface area contributed by atoms with Crippen molar-refractivity contribution < 1.29 is 19.7 Å². The topological polar surface area (TPSA) is 90.5 Å². The predicted molar refractivity (Wildman–Crippen MR) is 41.3 cm³/mol. The fourth-order valence-corrected chi connectivity index (χ4v) is 0.803. The molecule has 13 heavy (non-hydrogen) atoms. The molecular weight excluding hydrogens is 174 g/mol. The summed E-state index contributed by atoms with van der Waals surface area (Å²) in [5.41, 5.74) is -0.298. The van der Waals surface area contributed by atoms with Gasteiger partial charge in [-0.3, -0.25) is 0 Å². The molecule has 0 radical (unpaired) electrons. The molecule has 0 aliphatic rings. The van der Waals surface area contributed by atoms with Gasteiger partial charge in [-0.25, -0.2) is 4.79 Å². The minimum absolute atomic E-state index is 0.0812. The van der Waals surface area contributed by atoms with Crippen LogP contribution in [-0.4, -0.2) is 16.2 Å². The van der Waals surface area contributed by atoms with Crippen molar-refractivity contribution in [2.24, 2.45) is 0 Å². The van der Waals surface area contributed by atoms with Crippen molar-refractivity contribution in [3.8, 4) is 17.8 Å². The summed E-state index contributed by atoms with van der Waals surface area (Å²) < 4.78 is 4.38. The first-order valence-electron chi connectivity index (χ1n) is 3.27. The molecule has 0 amide bonds. The van der Waals surface area contributed by atoms with Crippen LogP contribution in [0.2, 0.25) is 0 Å². The molecule has 66 valence electrons. The molecule has 5 heteroatoms. The van der Waals surface area contributed by atoms with Gasteiger partial charge in [0, 0.05) is 6.07 Å². The van der Waals surface area contributed by atoms with Gasteiger partial charge < -0.3 is 14.9 Å². The highest BCUT2D eigenvalue weighted by Gasteiger charge is 2.10. The van der Waals surface area contributed by atoms with Gasteiger partial charge in [0.1, 0.15) is 17.1 Å². The molecule has 0 atom stereocenters. The molecule has 0 saturated heterocycles. The number of aromatic carboxylic acids is 1. The van der Waals surface area contributed by atoms with E-state index in [9.17, 15) is 4.79 Å². The van der Waals surface area contributed by atoms with E-state index in [1.807, 2.05) is 0 Å². The first kappa shape index (κ1) is 8.87. The molecule has 0 aromatic heterocycles. The fourth-order valence-electron chi connectivity index (χ4n) is 0.803. The third-order valence-corrected chi connectivity index (χ3v) is 1.36. The molecule has 0 unspecified atom stereocenters. The third kappa shape index (κ3) is 1.87. The SMILES string of the molecule is N#COc1ccc(O)c(C(=O)O)c1. The lowest BCUT2D eigenvalue weighted by atomic mass is 10.2. The average Bonchev–Trinajstić information content (AvgIpc) is 2.08. The lowest BCUT2D eigenvalue weighted by Crippen LogP contribution is -1.97. The summed E-state index contributed by atoms with van der Waals surface area (Å²) in [6, 6.07) is 3.52. The van der Waals surface area contributed by atoms with Crippen molar-refractivity contribution in [3.63, 3.8) is 0 Å². The molecule has 0 fully saturated rings. The fraction of sp³-hybridized carbons (Fsp3) is 0. The Morgan fingerprint density at radius 3 is 2.77 bits per heavy atom. The van der Waals surface area contributed by atoms with Crippen LogP contribution in [-0.2, 0) is 0 Å². The van der Waals surface area contributed by atoms with Crippen LogP contribution in [0.3, 0.4) is 0 Å². The Labute approximate surface area is 73.4 Å². The Balaban J connectivity index is 3.13. The molecule has 1 aromatic carbocycles. The third-order valence-electron chi connectivity index (χ3n) is 1.36. The zero-order chi connectivity index (χ0) is 9.84. The summed E-state index contributed by atoms with van der Waals surface area (Å²) in [4.78, 5) is 10.5. The van der Waals surface area contributed by atoms with Crippen LogP contribution in [0.4, 0.5) is 0 Å². The summed E-state index contributed by atoms with van der Waals surface area (Å²) >= 11 is 0. The van der Waals surface area contributed by atoms with Crippen LogP contribution in [0.5, 0.6) is 11.5 Å². The highest BCUT2D eigenvalue weighted by Crippen LogP contribution is 2.22. The molecule has 1 rings (SSSR count). The molecule has 0 saturated carbocycles. The molecule has 0 bridgehead atoms. The second-order valence-electron chi connectivity index (χ2n) is 2.18. The van der Waals surface area contributed by atoms with Gasteiger partial charge >= 0.3 is 5.97 Å². The first-order chi connectivity index (χ1) is 6.15. The van der Waals surface area contributed by atoms with Gasteiger partial charge in [-0.15, -0.1) is 5.26 Å². The smallest absolute Gasteiger partial charge is 0.339 e. The summed E-state index contributed by atoms with van der Waals surface area (Å²) in [6.07, 6.45) is 1.40. The second kappa shape index (κ2) is 3.45. The number of benzene rings is 1. The van der Waals surface area contributed by atoms with Crippen LogP contribution >= 0.6 is 0 Å². The number of hydrogen-bond acceptors (Lipinski definition) is 4. The van der Waals surface area contributed by atoms with Crippen molar-refractivity contribution in [1.29, 1.82) is 5.26 Å². The largest absolute Gasteiger partial charge is 0.507 e. The van der Waals surface area contributed by atoms with Gasteiger partial charge in [0.05, 0.1) is 0 Å². The van der Waals surface area contributed by atoms with E-state index >= 15 is 0 Å². The maximum absolute atomic E-state index is 10.5. The van der Waals surface area contributed by atoms with Crippen molar-refractivity contribution in [3.05, 3.63) is 23.8 Å². The van der Waals surface area contributed by atoms with Gasteiger partial charge in [-0.1, -0.05) is 0 Å². The normalized spacial score (nSPS) is 8.85.